The van der Waals surface area contributed by atoms with Crippen LogP contribution in [0.1, 0.15) is 30.0 Å². The van der Waals surface area contributed by atoms with Crippen LogP contribution in [0.25, 0.3) is 0 Å². The molecule has 2 rings (SSSR count). The number of amides is 3. The van der Waals surface area contributed by atoms with Gasteiger partial charge < -0.3 is 15.4 Å². The van der Waals surface area contributed by atoms with Gasteiger partial charge in [0.25, 0.3) is 10.0 Å². The van der Waals surface area contributed by atoms with Gasteiger partial charge in [0, 0.05) is 18.6 Å². The summed E-state index contributed by atoms with van der Waals surface area (Å²) < 4.78 is 31.8. The normalized spacial score (nSPS) is 12.1. The van der Waals surface area contributed by atoms with E-state index >= 15 is 0 Å². The monoisotopic (exact) mass is 426 g/mol. The van der Waals surface area contributed by atoms with Gasteiger partial charge in [-0.25, -0.2) is 22.9 Å². The third kappa shape index (κ3) is 5.42. The molecular formula is C17H22N4O5S2. The molecule has 1 aromatic heterocycles. The molecule has 0 radical (unpaired) electrons. The lowest BCUT2D eigenvalue weighted by Gasteiger charge is -2.15. The van der Waals surface area contributed by atoms with E-state index in [2.05, 4.69) is 15.6 Å². The van der Waals surface area contributed by atoms with Crippen LogP contribution in [0.15, 0.2) is 34.7 Å². The number of hydrogen-bond acceptors (Lipinski definition) is 7. The van der Waals surface area contributed by atoms with E-state index in [9.17, 15) is 18.0 Å². The smallest absolute Gasteiger partial charge is 0.328 e. The van der Waals surface area contributed by atoms with Crippen LogP contribution in [-0.4, -0.2) is 39.5 Å². The number of urea groups is 1. The number of ether oxygens (including phenoxy) is 1. The van der Waals surface area contributed by atoms with Gasteiger partial charge >= 0.3 is 6.03 Å². The highest BCUT2D eigenvalue weighted by Crippen LogP contribution is 2.25. The van der Waals surface area contributed by atoms with E-state index in [-0.39, 0.29) is 29.0 Å². The molecule has 0 aliphatic heterocycles. The molecule has 152 valence electrons. The Morgan fingerprint density at radius 2 is 2.07 bits per heavy atom. The Labute approximate surface area is 167 Å². The van der Waals surface area contributed by atoms with Gasteiger partial charge in [-0.2, -0.15) is 0 Å². The van der Waals surface area contributed by atoms with Crippen molar-refractivity contribution in [3.05, 3.63) is 40.3 Å². The third-order valence-corrected chi connectivity index (χ3v) is 6.07. The number of carbonyl (C=O) groups is 2. The topological polar surface area (TPSA) is 126 Å². The number of carbonyl (C=O) groups excluding carboxylic acids is 2. The predicted octanol–water partition coefficient (Wildman–Crippen LogP) is 1.58. The number of sulfonamides is 1. The molecule has 0 saturated heterocycles. The van der Waals surface area contributed by atoms with E-state index in [1.54, 1.807) is 12.3 Å². The Kier molecular flexibility index (Phi) is 7.35. The fourth-order valence-electron chi connectivity index (χ4n) is 2.44. The molecule has 28 heavy (non-hydrogen) atoms. The Balaban J connectivity index is 2.20. The minimum Gasteiger partial charge on any atom is -0.495 e. The van der Waals surface area contributed by atoms with Crippen molar-refractivity contribution in [1.82, 2.24) is 20.3 Å². The Morgan fingerprint density at radius 1 is 1.32 bits per heavy atom. The van der Waals surface area contributed by atoms with E-state index in [0.29, 0.717) is 12.0 Å². The Hall–Kier alpha value is -2.66. The van der Waals surface area contributed by atoms with Gasteiger partial charge in [-0.3, -0.25) is 4.79 Å². The van der Waals surface area contributed by atoms with E-state index in [1.165, 1.54) is 37.6 Å². The van der Waals surface area contributed by atoms with Crippen LogP contribution in [0.5, 0.6) is 5.75 Å². The maximum absolute atomic E-state index is 12.4. The lowest BCUT2D eigenvalue weighted by Crippen LogP contribution is -2.37. The summed E-state index contributed by atoms with van der Waals surface area (Å²) in [7, 11) is -1.54. The number of nitrogens with one attached hydrogen (secondary N) is 3. The third-order valence-electron chi connectivity index (χ3n) is 3.83. The van der Waals surface area contributed by atoms with Crippen LogP contribution >= 0.6 is 11.3 Å². The van der Waals surface area contributed by atoms with Gasteiger partial charge in [-0.15, -0.1) is 11.3 Å². The summed E-state index contributed by atoms with van der Waals surface area (Å²) >= 11 is 1.45. The van der Waals surface area contributed by atoms with Crippen molar-refractivity contribution in [3.63, 3.8) is 0 Å². The summed E-state index contributed by atoms with van der Waals surface area (Å²) in [5.41, 5.74) is 0.463. The van der Waals surface area contributed by atoms with Crippen molar-refractivity contribution in [2.24, 2.45) is 0 Å². The first-order valence-corrected chi connectivity index (χ1v) is 10.8. The van der Waals surface area contributed by atoms with Crippen LogP contribution in [0.4, 0.5) is 4.79 Å². The standard InChI is InChI=1S/C17H22N4O5S2/c1-4-12(16-19-7-8-27-16)20-15(22)10-11-5-6-13(26-3)14(9-11)28(24,25)21-17(23)18-2/h5-9,12H,4,10H2,1-3H3,(H,20,22)(H2,18,21,23). The summed E-state index contributed by atoms with van der Waals surface area (Å²) in [6.07, 6.45) is 2.32. The molecule has 0 fully saturated rings. The van der Waals surface area contributed by atoms with Crippen LogP contribution in [0.3, 0.4) is 0 Å². The summed E-state index contributed by atoms with van der Waals surface area (Å²) in [4.78, 5) is 27.8. The van der Waals surface area contributed by atoms with E-state index in [4.69, 9.17) is 4.74 Å². The first kappa shape index (κ1) is 21.6. The van der Waals surface area contributed by atoms with Crippen molar-refractivity contribution in [3.8, 4) is 5.75 Å². The molecule has 2 aromatic rings. The van der Waals surface area contributed by atoms with E-state index < -0.39 is 16.1 Å². The largest absolute Gasteiger partial charge is 0.495 e. The highest BCUT2D eigenvalue weighted by atomic mass is 32.2. The van der Waals surface area contributed by atoms with Crippen molar-refractivity contribution in [1.29, 1.82) is 0 Å². The maximum Gasteiger partial charge on any atom is 0.328 e. The molecule has 3 amide bonds. The predicted molar refractivity (Wildman–Crippen MR) is 105 cm³/mol. The SMILES string of the molecule is CCC(NC(=O)Cc1ccc(OC)c(S(=O)(=O)NC(=O)NC)c1)c1nccs1. The van der Waals surface area contributed by atoms with Crippen LogP contribution in [0, 0.1) is 0 Å². The average molecular weight is 427 g/mol. The molecule has 1 heterocycles. The molecule has 3 N–H and O–H groups in total. The number of aromatic nitrogens is 1. The van der Waals surface area contributed by atoms with Crippen LogP contribution in [-0.2, 0) is 21.2 Å². The maximum atomic E-state index is 12.4. The van der Waals surface area contributed by atoms with Crippen molar-refractivity contribution < 1.29 is 22.7 Å². The van der Waals surface area contributed by atoms with Crippen molar-refractivity contribution in [2.45, 2.75) is 30.7 Å². The summed E-state index contributed by atoms with van der Waals surface area (Å²) in [5, 5.41) is 7.72. The number of hydrogen-bond donors (Lipinski definition) is 3. The molecule has 1 atom stereocenters. The molecule has 9 nitrogen and oxygen atoms in total. The molecular weight excluding hydrogens is 404 g/mol. The lowest BCUT2D eigenvalue weighted by atomic mass is 10.1. The molecule has 1 aromatic carbocycles. The highest BCUT2D eigenvalue weighted by molar-refractivity contribution is 7.90. The van der Waals surface area contributed by atoms with Gasteiger partial charge in [-0.1, -0.05) is 13.0 Å². The molecule has 11 heteroatoms. The van der Waals surface area contributed by atoms with Crippen LogP contribution in [0.2, 0.25) is 0 Å². The second-order valence-corrected chi connectivity index (χ2v) is 8.32. The van der Waals surface area contributed by atoms with Crippen molar-refractivity contribution >= 4 is 33.3 Å². The Bertz CT molecular complexity index is 929. The lowest BCUT2D eigenvalue weighted by molar-refractivity contribution is -0.121. The van der Waals surface area contributed by atoms with Gasteiger partial charge in [0.05, 0.1) is 19.6 Å². The number of rotatable bonds is 8. The second kappa shape index (κ2) is 9.51. The second-order valence-electron chi connectivity index (χ2n) is 5.75. The summed E-state index contributed by atoms with van der Waals surface area (Å²) in [5.74, 6) is -0.204. The zero-order chi connectivity index (χ0) is 20.7. The van der Waals surface area contributed by atoms with Crippen molar-refractivity contribution in [2.75, 3.05) is 14.2 Å². The van der Waals surface area contributed by atoms with Crippen LogP contribution < -0.4 is 20.1 Å². The number of nitrogens with zero attached hydrogens (tertiary/aromatic N) is 1. The van der Waals surface area contributed by atoms with Gasteiger partial charge in [0.2, 0.25) is 5.91 Å². The van der Waals surface area contributed by atoms with E-state index in [0.717, 1.165) is 5.01 Å². The first-order valence-electron chi connectivity index (χ1n) is 8.41. The first-order chi connectivity index (χ1) is 13.3. The quantitative estimate of drug-likeness (QED) is 0.588. The number of thiazole rings is 1. The van der Waals surface area contributed by atoms with Gasteiger partial charge in [0.15, 0.2) is 0 Å². The molecule has 1 unspecified atom stereocenters. The number of benzene rings is 1. The minimum absolute atomic E-state index is 0.0334. The molecule has 0 bridgehead atoms. The zero-order valence-electron chi connectivity index (χ0n) is 15.7. The Morgan fingerprint density at radius 3 is 2.64 bits per heavy atom. The highest BCUT2D eigenvalue weighted by Gasteiger charge is 2.23. The average Bonchev–Trinajstić information content (AvgIpc) is 3.20. The zero-order valence-corrected chi connectivity index (χ0v) is 17.3. The fourth-order valence-corrected chi connectivity index (χ4v) is 4.40. The van der Waals surface area contributed by atoms with Gasteiger partial charge in [0.1, 0.15) is 15.7 Å². The summed E-state index contributed by atoms with van der Waals surface area (Å²) in [6, 6.07) is 3.28. The van der Waals surface area contributed by atoms with E-state index in [1.807, 2.05) is 17.0 Å². The molecule has 0 aliphatic rings. The fraction of sp³-hybridized carbons (Fsp3) is 0.353. The molecule has 0 aliphatic carbocycles. The van der Waals surface area contributed by atoms with Gasteiger partial charge in [-0.05, 0) is 24.1 Å². The summed E-state index contributed by atoms with van der Waals surface area (Å²) in [6.45, 7) is 1.94. The molecule has 0 saturated carbocycles. The molecule has 0 spiro atoms. The minimum atomic E-state index is -4.16. The number of methoxy groups -OCH3 is 1.